The molecule has 1 saturated heterocycles. The number of rotatable bonds is 3. The summed E-state index contributed by atoms with van der Waals surface area (Å²) in [5.41, 5.74) is 2.29. The standard InChI is InChI=1S/C20H20N4O2/c1-15-13-23(19(14-26-15)16-6-3-2-4-7-16)20(25)18-12-17(8-10-21-18)24-11-5-9-22-24/h2-12,15,19H,13-14H2,1H3/t15-,19-/m0/s1. The number of pyridine rings is 1. The molecule has 0 unspecified atom stereocenters. The van der Waals surface area contributed by atoms with E-state index < -0.39 is 0 Å². The summed E-state index contributed by atoms with van der Waals surface area (Å²) < 4.78 is 7.53. The van der Waals surface area contributed by atoms with Crippen molar-refractivity contribution in [3.05, 3.63) is 78.4 Å². The number of ether oxygens (including phenoxy) is 1. The second kappa shape index (κ2) is 7.09. The van der Waals surface area contributed by atoms with Crippen LogP contribution in [0, 0.1) is 0 Å². The summed E-state index contributed by atoms with van der Waals surface area (Å²) in [4.78, 5) is 19.4. The van der Waals surface area contributed by atoms with E-state index in [9.17, 15) is 4.79 Å². The summed E-state index contributed by atoms with van der Waals surface area (Å²) in [6, 6.07) is 15.3. The summed E-state index contributed by atoms with van der Waals surface area (Å²) in [5.74, 6) is -0.0944. The van der Waals surface area contributed by atoms with Crippen LogP contribution in [0.15, 0.2) is 67.1 Å². The summed E-state index contributed by atoms with van der Waals surface area (Å²) in [7, 11) is 0. The summed E-state index contributed by atoms with van der Waals surface area (Å²) in [6.07, 6.45) is 5.18. The molecule has 0 N–H and O–H groups in total. The molecule has 6 nitrogen and oxygen atoms in total. The van der Waals surface area contributed by atoms with Crippen molar-refractivity contribution < 1.29 is 9.53 Å². The Morgan fingerprint density at radius 1 is 1.15 bits per heavy atom. The number of hydrogen-bond donors (Lipinski definition) is 0. The lowest BCUT2D eigenvalue weighted by atomic mass is 10.0. The maximum Gasteiger partial charge on any atom is 0.273 e. The van der Waals surface area contributed by atoms with Crippen molar-refractivity contribution in [1.82, 2.24) is 19.7 Å². The summed E-state index contributed by atoms with van der Waals surface area (Å²) >= 11 is 0. The molecule has 2 aromatic heterocycles. The van der Waals surface area contributed by atoms with Gasteiger partial charge in [0.2, 0.25) is 0 Å². The molecule has 1 amide bonds. The van der Waals surface area contributed by atoms with E-state index in [4.69, 9.17) is 4.74 Å². The molecule has 0 saturated carbocycles. The molecule has 0 spiro atoms. The zero-order valence-electron chi connectivity index (χ0n) is 14.5. The van der Waals surface area contributed by atoms with Crippen LogP contribution in [0.2, 0.25) is 0 Å². The Kier molecular flexibility index (Phi) is 4.50. The number of carbonyl (C=O) groups excluding carboxylic acids is 1. The molecule has 0 radical (unpaired) electrons. The fraction of sp³-hybridized carbons (Fsp3) is 0.250. The molecule has 1 fully saturated rings. The molecule has 3 aromatic rings. The van der Waals surface area contributed by atoms with Crippen LogP contribution in [-0.4, -0.2) is 44.8 Å². The van der Waals surface area contributed by atoms with Gasteiger partial charge in [-0.2, -0.15) is 5.10 Å². The Bertz CT molecular complexity index is 880. The van der Waals surface area contributed by atoms with E-state index in [0.29, 0.717) is 18.8 Å². The minimum Gasteiger partial charge on any atom is -0.374 e. The molecule has 6 heteroatoms. The highest BCUT2D eigenvalue weighted by Crippen LogP contribution is 2.27. The lowest BCUT2D eigenvalue weighted by molar-refractivity contribution is -0.0449. The second-order valence-electron chi connectivity index (χ2n) is 6.38. The van der Waals surface area contributed by atoms with E-state index in [-0.39, 0.29) is 18.1 Å². The van der Waals surface area contributed by atoms with Crippen LogP contribution in [0.25, 0.3) is 5.69 Å². The van der Waals surface area contributed by atoms with Crippen LogP contribution in [-0.2, 0) is 4.74 Å². The van der Waals surface area contributed by atoms with Crippen molar-refractivity contribution in [2.45, 2.75) is 19.1 Å². The lowest BCUT2D eigenvalue weighted by Crippen LogP contribution is -2.47. The van der Waals surface area contributed by atoms with E-state index >= 15 is 0 Å². The molecule has 1 aliphatic rings. The van der Waals surface area contributed by atoms with Crippen molar-refractivity contribution in [2.24, 2.45) is 0 Å². The zero-order chi connectivity index (χ0) is 17.9. The smallest absolute Gasteiger partial charge is 0.273 e. The number of nitrogens with zero attached hydrogens (tertiary/aromatic N) is 4. The van der Waals surface area contributed by atoms with Gasteiger partial charge in [-0.1, -0.05) is 30.3 Å². The van der Waals surface area contributed by atoms with Gasteiger partial charge in [-0.15, -0.1) is 0 Å². The maximum absolute atomic E-state index is 13.2. The molecule has 1 aliphatic heterocycles. The van der Waals surface area contributed by atoms with E-state index in [0.717, 1.165) is 11.3 Å². The van der Waals surface area contributed by atoms with Crippen LogP contribution >= 0.6 is 0 Å². The Morgan fingerprint density at radius 2 is 2.00 bits per heavy atom. The number of aromatic nitrogens is 3. The number of morpholine rings is 1. The first-order chi connectivity index (χ1) is 12.7. The number of hydrogen-bond acceptors (Lipinski definition) is 4. The van der Waals surface area contributed by atoms with Crippen LogP contribution < -0.4 is 0 Å². The van der Waals surface area contributed by atoms with Gasteiger partial charge in [-0.3, -0.25) is 9.78 Å². The minimum atomic E-state index is -0.116. The van der Waals surface area contributed by atoms with Gasteiger partial charge in [0.05, 0.1) is 24.4 Å². The van der Waals surface area contributed by atoms with Gasteiger partial charge in [-0.25, -0.2) is 4.68 Å². The van der Waals surface area contributed by atoms with E-state index in [2.05, 4.69) is 10.1 Å². The topological polar surface area (TPSA) is 60.2 Å². The molecular weight excluding hydrogens is 328 g/mol. The predicted molar refractivity (Wildman–Crippen MR) is 97.0 cm³/mol. The Morgan fingerprint density at radius 3 is 2.77 bits per heavy atom. The molecule has 0 bridgehead atoms. The van der Waals surface area contributed by atoms with Gasteiger partial charge in [0.15, 0.2) is 0 Å². The summed E-state index contributed by atoms with van der Waals surface area (Å²) in [5, 5.41) is 4.22. The lowest BCUT2D eigenvalue weighted by Gasteiger charge is -2.38. The van der Waals surface area contributed by atoms with Crippen LogP contribution in [0.1, 0.15) is 29.0 Å². The highest BCUT2D eigenvalue weighted by Gasteiger charge is 2.32. The average molecular weight is 348 g/mol. The van der Waals surface area contributed by atoms with Gasteiger partial charge >= 0.3 is 0 Å². The third kappa shape index (κ3) is 3.23. The molecule has 3 heterocycles. The fourth-order valence-corrected chi connectivity index (χ4v) is 3.23. The van der Waals surface area contributed by atoms with Crippen molar-refractivity contribution >= 4 is 5.91 Å². The number of carbonyl (C=O) groups is 1. The van der Waals surface area contributed by atoms with Crippen molar-refractivity contribution in [2.75, 3.05) is 13.2 Å². The average Bonchev–Trinajstić information content (AvgIpc) is 3.23. The first-order valence-corrected chi connectivity index (χ1v) is 8.66. The minimum absolute atomic E-state index is 0.00629. The first kappa shape index (κ1) is 16.5. The fourth-order valence-electron chi connectivity index (χ4n) is 3.23. The van der Waals surface area contributed by atoms with Gasteiger partial charge in [0.1, 0.15) is 5.69 Å². The normalized spacial score (nSPS) is 20.1. The van der Waals surface area contributed by atoms with Gasteiger partial charge in [0.25, 0.3) is 5.91 Å². The molecule has 1 aromatic carbocycles. The SMILES string of the molecule is C[C@H]1CN(C(=O)c2cc(-n3cccn3)ccn2)[C@H](c2ccccc2)CO1. The van der Waals surface area contributed by atoms with E-state index in [1.807, 2.05) is 60.5 Å². The highest BCUT2D eigenvalue weighted by atomic mass is 16.5. The van der Waals surface area contributed by atoms with Gasteiger partial charge in [-0.05, 0) is 30.7 Å². The largest absolute Gasteiger partial charge is 0.374 e. The van der Waals surface area contributed by atoms with E-state index in [1.54, 1.807) is 23.1 Å². The van der Waals surface area contributed by atoms with Crippen LogP contribution in [0.3, 0.4) is 0 Å². The number of benzene rings is 1. The zero-order valence-corrected chi connectivity index (χ0v) is 14.5. The predicted octanol–water partition coefficient (Wildman–Crippen LogP) is 2.87. The molecule has 0 aliphatic carbocycles. The third-order valence-corrected chi connectivity index (χ3v) is 4.55. The molecule has 2 atom stereocenters. The van der Waals surface area contributed by atoms with E-state index in [1.165, 1.54) is 0 Å². The van der Waals surface area contributed by atoms with Crippen molar-refractivity contribution in [1.29, 1.82) is 0 Å². The van der Waals surface area contributed by atoms with Gasteiger partial charge in [0, 0.05) is 25.1 Å². The molecular formula is C20H20N4O2. The maximum atomic E-state index is 13.2. The third-order valence-electron chi connectivity index (χ3n) is 4.55. The first-order valence-electron chi connectivity index (χ1n) is 8.66. The van der Waals surface area contributed by atoms with Gasteiger partial charge < -0.3 is 9.64 Å². The Labute approximate surface area is 152 Å². The van der Waals surface area contributed by atoms with Crippen molar-refractivity contribution in [3.63, 3.8) is 0 Å². The molecule has 26 heavy (non-hydrogen) atoms. The highest BCUT2D eigenvalue weighted by molar-refractivity contribution is 5.93. The monoisotopic (exact) mass is 348 g/mol. The summed E-state index contributed by atoms with van der Waals surface area (Å²) in [6.45, 7) is 3.00. The molecule has 4 rings (SSSR count). The quantitative estimate of drug-likeness (QED) is 0.730. The number of amides is 1. The van der Waals surface area contributed by atoms with Crippen LogP contribution in [0.4, 0.5) is 0 Å². The second-order valence-corrected chi connectivity index (χ2v) is 6.38. The van der Waals surface area contributed by atoms with Crippen LogP contribution in [0.5, 0.6) is 0 Å². The van der Waals surface area contributed by atoms with Crippen molar-refractivity contribution in [3.8, 4) is 5.69 Å². The Balaban J connectivity index is 1.65. The molecule has 132 valence electrons. The Hall–Kier alpha value is -2.99.